The van der Waals surface area contributed by atoms with Crippen LogP contribution in [0.1, 0.15) is 12.0 Å². The van der Waals surface area contributed by atoms with Gasteiger partial charge in [-0.15, -0.1) is 6.58 Å². The monoisotopic (exact) mass is 500 g/mol. The second-order valence-corrected chi connectivity index (χ2v) is 8.69. The van der Waals surface area contributed by atoms with E-state index in [1.807, 2.05) is 54.6 Å². The van der Waals surface area contributed by atoms with Crippen LogP contribution >= 0.6 is 0 Å². The molecule has 3 rings (SSSR count). The Kier molecular flexibility index (Phi) is 9.32. The zero-order chi connectivity index (χ0) is 26.3. The van der Waals surface area contributed by atoms with Gasteiger partial charge in [-0.3, -0.25) is 4.79 Å². The lowest BCUT2D eigenvalue weighted by atomic mass is 9.89. The standard InChI is InChI=1S/C26H32N2O8/c1-2-12-35-26(25(33)34)14-19(29)22(27)24(36-26)23(32)20(30)15-28-21(31)13-16-8-10-18(11-9-16)17-6-4-3-5-7-17/h2-11,19-20,22-24,29-30,32H,1,12-15,27H2,(H,28,31)(H,33,34)/t19?,20-,22?,23+,24?,26?/m1/s1. The number of nitrogens with two attached hydrogens (primary N) is 1. The molecule has 1 fully saturated rings. The number of benzene rings is 2. The number of hydrogen-bond acceptors (Lipinski definition) is 8. The van der Waals surface area contributed by atoms with Crippen LogP contribution in [0.15, 0.2) is 67.3 Å². The molecule has 7 N–H and O–H groups in total. The van der Waals surface area contributed by atoms with Crippen molar-refractivity contribution in [3.05, 3.63) is 72.8 Å². The molecule has 0 aliphatic carbocycles. The van der Waals surface area contributed by atoms with Crippen LogP contribution in [0, 0.1) is 0 Å². The number of ether oxygens (including phenoxy) is 2. The van der Waals surface area contributed by atoms with Gasteiger partial charge in [0.1, 0.15) is 12.2 Å². The lowest BCUT2D eigenvalue weighted by Gasteiger charge is -2.45. The number of carbonyl (C=O) groups excluding carboxylic acids is 1. The molecule has 10 heteroatoms. The van der Waals surface area contributed by atoms with Crippen LogP contribution in [0.2, 0.25) is 0 Å². The summed E-state index contributed by atoms with van der Waals surface area (Å²) < 4.78 is 10.7. The number of aliphatic hydroxyl groups is 3. The molecule has 1 amide bonds. The number of carbonyl (C=O) groups is 2. The van der Waals surface area contributed by atoms with Gasteiger partial charge < -0.3 is 41.0 Å². The van der Waals surface area contributed by atoms with Gasteiger partial charge in [-0.2, -0.15) is 0 Å². The Morgan fingerprint density at radius 3 is 2.42 bits per heavy atom. The van der Waals surface area contributed by atoms with Crippen molar-refractivity contribution in [1.82, 2.24) is 5.32 Å². The Balaban J connectivity index is 1.57. The van der Waals surface area contributed by atoms with Gasteiger partial charge in [-0.25, -0.2) is 4.79 Å². The van der Waals surface area contributed by atoms with E-state index < -0.39 is 54.5 Å². The van der Waals surface area contributed by atoms with Crippen molar-refractivity contribution in [1.29, 1.82) is 0 Å². The minimum atomic E-state index is -2.27. The zero-order valence-electron chi connectivity index (χ0n) is 19.7. The SMILES string of the molecule is C=CCOC1(C(=O)O)CC(O)C(N)C([C@@H](O)[C@H](O)CNC(=O)Cc2ccc(-c3ccccc3)cc2)O1. The quantitative estimate of drug-likeness (QED) is 0.236. The molecule has 0 spiro atoms. The first kappa shape index (κ1) is 27.5. The summed E-state index contributed by atoms with van der Waals surface area (Å²) in [6.45, 7) is 2.91. The molecule has 194 valence electrons. The molecule has 36 heavy (non-hydrogen) atoms. The van der Waals surface area contributed by atoms with Gasteiger partial charge >= 0.3 is 5.97 Å². The van der Waals surface area contributed by atoms with Gasteiger partial charge in [-0.05, 0) is 16.7 Å². The summed E-state index contributed by atoms with van der Waals surface area (Å²) in [6, 6.07) is 16.1. The number of hydrogen-bond donors (Lipinski definition) is 6. The van der Waals surface area contributed by atoms with Crippen molar-refractivity contribution < 1.29 is 39.5 Å². The second-order valence-electron chi connectivity index (χ2n) is 8.69. The van der Waals surface area contributed by atoms with Gasteiger partial charge in [0, 0.05) is 13.0 Å². The predicted octanol–water partition coefficient (Wildman–Crippen LogP) is 0.195. The van der Waals surface area contributed by atoms with Gasteiger partial charge in [-0.1, -0.05) is 60.7 Å². The predicted molar refractivity (Wildman–Crippen MR) is 131 cm³/mol. The topological polar surface area (TPSA) is 172 Å². The number of carboxylic acid groups (broad SMARTS) is 1. The highest BCUT2D eigenvalue weighted by Gasteiger charge is 2.54. The maximum Gasteiger partial charge on any atom is 0.364 e. The van der Waals surface area contributed by atoms with E-state index >= 15 is 0 Å². The molecule has 0 radical (unpaired) electrons. The van der Waals surface area contributed by atoms with Crippen molar-refractivity contribution in [3.8, 4) is 11.1 Å². The van der Waals surface area contributed by atoms with Crippen LogP contribution in [0.25, 0.3) is 11.1 Å². The van der Waals surface area contributed by atoms with Crippen molar-refractivity contribution in [3.63, 3.8) is 0 Å². The summed E-state index contributed by atoms with van der Waals surface area (Å²) in [5.74, 6) is -4.19. The van der Waals surface area contributed by atoms with Crippen molar-refractivity contribution >= 4 is 11.9 Å². The first-order valence-electron chi connectivity index (χ1n) is 11.5. The number of rotatable bonds is 11. The van der Waals surface area contributed by atoms with E-state index in [2.05, 4.69) is 11.9 Å². The normalized spacial score (nSPS) is 25.5. The largest absolute Gasteiger partial charge is 0.477 e. The molecule has 1 saturated heterocycles. The van der Waals surface area contributed by atoms with Crippen LogP contribution < -0.4 is 11.1 Å². The Morgan fingerprint density at radius 1 is 1.17 bits per heavy atom. The van der Waals surface area contributed by atoms with Crippen molar-refractivity contribution in [2.45, 2.75) is 49.1 Å². The van der Waals surface area contributed by atoms with E-state index in [0.29, 0.717) is 0 Å². The summed E-state index contributed by atoms with van der Waals surface area (Å²) >= 11 is 0. The van der Waals surface area contributed by atoms with E-state index in [4.69, 9.17) is 15.2 Å². The molecule has 6 atom stereocenters. The average Bonchev–Trinajstić information content (AvgIpc) is 2.88. The molecule has 1 heterocycles. The molecule has 2 aromatic carbocycles. The molecule has 0 bridgehead atoms. The Bertz CT molecular complexity index is 1030. The van der Waals surface area contributed by atoms with Crippen LogP contribution in [0.5, 0.6) is 0 Å². The molecular formula is C26H32N2O8. The number of nitrogens with one attached hydrogen (secondary N) is 1. The zero-order valence-corrected chi connectivity index (χ0v) is 19.7. The molecule has 4 unspecified atom stereocenters. The average molecular weight is 501 g/mol. The lowest BCUT2D eigenvalue weighted by molar-refractivity contribution is -0.305. The minimum absolute atomic E-state index is 0.0492. The minimum Gasteiger partial charge on any atom is -0.477 e. The Hall–Kier alpha value is -3.12. The van der Waals surface area contributed by atoms with E-state index in [1.165, 1.54) is 6.08 Å². The van der Waals surface area contributed by atoms with Crippen molar-refractivity contribution in [2.75, 3.05) is 13.2 Å². The third-order valence-corrected chi connectivity index (χ3v) is 6.05. The molecule has 0 saturated carbocycles. The van der Waals surface area contributed by atoms with Crippen LogP contribution in [0.3, 0.4) is 0 Å². The summed E-state index contributed by atoms with van der Waals surface area (Å²) in [6.07, 6.45) is -5.26. The van der Waals surface area contributed by atoms with E-state index in [1.54, 1.807) is 0 Å². The maximum absolute atomic E-state index is 12.4. The fourth-order valence-electron chi connectivity index (χ4n) is 4.01. The van der Waals surface area contributed by atoms with Crippen molar-refractivity contribution in [2.24, 2.45) is 5.73 Å². The molecule has 2 aromatic rings. The number of carboxylic acids is 1. The second kappa shape index (κ2) is 12.2. The highest BCUT2D eigenvalue weighted by molar-refractivity contribution is 5.79. The summed E-state index contributed by atoms with van der Waals surface area (Å²) in [5, 5.41) is 43.5. The van der Waals surface area contributed by atoms with Gasteiger partial charge in [0.05, 0.1) is 31.3 Å². The fourth-order valence-corrected chi connectivity index (χ4v) is 4.01. The lowest BCUT2D eigenvalue weighted by Crippen LogP contribution is -2.66. The van der Waals surface area contributed by atoms with Gasteiger partial charge in [0.15, 0.2) is 0 Å². The molecule has 1 aliphatic heterocycles. The van der Waals surface area contributed by atoms with Crippen LogP contribution in [-0.4, -0.2) is 81.7 Å². The first-order chi connectivity index (χ1) is 17.2. The molecule has 0 aromatic heterocycles. The van der Waals surface area contributed by atoms with E-state index in [0.717, 1.165) is 16.7 Å². The molecule has 10 nitrogen and oxygen atoms in total. The van der Waals surface area contributed by atoms with Crippen LogP contribution in [-0.2, 0) is 25.5 Å². The summed E-state index contributed by atoms with van der Waals surface area (Å²) in [5.41, 5.74) is 8.75. The van der Waals surface area contributed by atoms with E-state index in [9.17, 15) is 30.0 Å². The van der Waals surface area contributed by atoms with Crippen LogP contribution in [0.4, 0.5) is 0 Å². The summed E-state index contributed by atoms with van der Waals surface area (Å²) in [4.78, 5) is 24.2. The third-order valence-electron chi connectivity index (χ3n) is 6.05. The smallest absolute Gasteiger partial charge is 0.364 e. The Labute approximate surface area is 209 Å². The molecular weight excluding hydrogens is 468 g/mol. The first-order valence-corrected chi connectivity index (χ1v) is 11.5. The highest BCUT2D eigenvalue weighted by Crippen LogP contribution is 2.32. The van der Waals surface area contributed by atoms with Gasteiger partial charge in [0.25, 0.3) is 5.79 Å². The highest BCUT2D eigenvalue weighted by atomic mass is 16.7. The van der Waals surface area contributed by atoms with Gasteiger partial charge in [0.2, 0.25) is 5.91 Å². The maximum atomic E-state index is 12.4. The Morgan fingerprint density at radius 2 is 1.81 bits per heavy atom. The third kappa shape index (κ3) is 6.55. The van der Waals surface area contributed by atoms with E-state index in [-0.39, 0.29) is 19.6 Å². The number of aliphatic carboxylic acids is 1. The number of aliphatic hydroxyl groups excluding tert-OH is 3. The molecule has 1 aliphatic rings. The fraction of sp³-hybridized carbons (Fsp3) is 0.385. The number of amides is 1. The summed E-state index contributed by atoms with van der Waals surface area (Å²) in [7, 11) is 0.